The third kappa shape index (κ3) is 5.06. The van der Waals surface area contributed by atoms with E-state index in [1.165, 1.54) is 0 Å². The van der Waals surface area contributed by atoms with Crippen LogP contribution in [0.2, 0.25) is 0 Å². The van der Waals surface area contributed by atoms with Crippen molar-refractivity contribution in [3.63, 3.8) is 0 Å². The molecule has 2 rings (SSSR count). The highest BCUT2D eigenvalue weighted by Gasteiger charge is 2.27. The fourth-order valence-electron chi connectivity index (χ4n) is 2.81. The van der Waals surface area contributed by atoms with Crippen LogP contribution in [-0.4, -0.2) is 47.5 Å². The Bertz CT molecular complexity index is 551. The molecule has 0 radical (unpaired) electrons. The maximum atomic E-state index is 12.3. The van der Waals surface area contributed by atoms with Gasteiger partial charge in [-0.15, -0.1) is 0 Å². The van der Waals surface area contributed by atoms with Crippen molar-refractivity contribution in [3.05, 3.63) is 29.8 Å². The van der Waals surface area contributed by atoms with E-state index in [9.17, 15) is 14.7 Å². The average molecular weight is 319 g/mol. The summed E-state index contributed by atoms with van der Waals surface area (Å²) in [5.74, 6) is 0.654. The first kappa shape index (κ1) is 17.5. The number of likely N-dealkylation sites (tertiary alicyclic amines) is 1. The van der Waals surface area contributed by atoms with Crippen LogP contribution < -0.4 is 4.74 Å². The van der Waals surface area contributed by atoms with Gasteiger partial charge in [0, 0.05) is 31.5 Å². The topological polar surface area (TPSA) is 66.8 Å². The molecule has 1 heterocycles. The molecule has 1 atom stereocenters. The lowest BCUT2D eigenvalue weighted by Crippen LogP contribution is -2.33. The number of nitrogens with zero attached hydrogens (tertiary/aromatic N) is 1. The highest BCUT2D eigenvalue weighted by molar-refractivity contribution is 5.98. The van der Waals surface area contributed by atoms with Crippen LogP contribution in [0, 0.1) is 0 Å². The standard InChI is InChI=1S/C18H25NO4/c1-18(22)10-3-12-19(13-11-18)17(21)9-8-16(20)14-4-6-15(23-2)7-5-14/h4-7,22H,3,8-13H2,1-2H3/t18-/m0/s1. The fraction of sp³-hybridized carbons (Fsp3) is 0.556. The number of hydrogen-bond donors (Lipinski definition) is 1. The van der Waals surface area contributed by atoms with Crippen molar-refractivity contribution in [2.75, 3.05) is 20.2 Å². The van der Waals surface area contributed by atoms with Crippen LogP contribution >= 0.6 is 0 Å². The summed E-state index contributed by atoms with van der Waals surface area (Å²) >= 11 is 0. The monoisotopic (exact) mass is 319 g/mol. The Morgan fingerprint density at radius 3 is 2.52 bits per heavy atom. The molecule has 0 unspecified atom stereocenters. The van der Waals surface area contributed by atoms with Crippen LogP contribution in [-0.2, 0) is 4.79 Å². The van der Waals surface area contributed by atoms with E-state index in [1.54, 1.807) is 36.3 Å². The summed E-state index contributed by atoms with van der Waals surface area (Å²) in [6.45, 7) is 3.03. The van der Waals surface area contributed by atoms with Crippen molar-refractivity contribution in [2.45, 2.75) is 44.6 Å². The lowest BCUT2D eigenvalue weighted by molar-refractivity contribution is -0.131. The van der Waals surface area contributed by atoms with Crippen molar-refractivity contribution in [3.8, 4) is 5.75 Å². The lowest BCUT2D eigenvalue weighted by atomic mass is 9.98. The summed E-state index contributed by atoms with van der Waals surface area (Å²) in [6, 6.07) is 6.92. The largest absolute Gasteiger partial charge is 0.497 e. The molecule has 1 aliphatic heterocycles. The second kappa shape index (κ2) is 7.59. The summed E-state index contributed by atoms with van der Waals surface area (Å²) in [6.07, 6.45) is 2.52. The zero-order chi connectivity index (χ0) is 16.9. The van der Waals surface area contributed by atoms with Gasteiger partial charge in [-0.2, -0.15) is 0 Å². The molecule has 1 amide bonds. The van der Waals surface area contributed by atoms with E-state index in [1.807, 2.05) is 6.92 Å². The number of carbonyl (C=O) groups is 2. The molecule has 1 aromatic carbocycles. The number of rotatable bonds is 5. The summed E-state index contributed by atoms with van der Waals surface area (Å²) in [7, 11) is 1.58. The molecule has 0 bridgehead atoms. The second-order valence-corrected chi connectivity index (χ2v) is 6.38. The van der Waals surface area contributed by atoms with Gasteiger partial charge < -0.3 is 14.7 Å². The predicted octanol–water partition coefficient (Wildman–Crippen LogP) is 2.42. The number of methoxy groups -OCH3 is 1. The Hall–Kier alpha value is -1.88. The molecular formula is C18H25NO4. The van der Waals surface area contributed by atoms with Gasteiger partial charge in [-0.05, 0) is 50.5 Å². The molecule has 1 saturated heterocycles. The van der Waals surface area contributed by atoms with Gasteiger partial charge in [0.05, 0.1) is 12.7 Å². The van der Waals surface area contributed by atoms with Crippen molar-refractivity contribution in [1.82, 2.24) is 4.90 Å². The minimum absolute atomic E-state index is 0.00967. The van der Waals surface area contributed by atoms with Crippen molar-refractivity contribution < 1.29 is 19.4 Å². The third-order valence-corrected chi connectivity index (χ3v) is 4.39. The Morgan fingerprint density at radius 2 is 1.87 bits per heavy atom. The second-order valence-electron chi connectivity index (χ2n) is 6.38. The Kier molecular flexibility index (Phi) is 5.77. The van der Waals surface area contributed by atoms with Gasteiger partial charge in [0.1, 0.15) is 5.75 Å². The highest BCUT2D eigenvalue weighted by Crippen LogP contribution is 2.22. The van der Waals surface area contributed by atoms with Crippen LogP contribution in [0.4, 0.5) is 0 Å². The van der Waals surface area contributed by atoms with E-state index in [0.717, 1.165) is 6.42 Å². The number of amides is 1. The molecule has 1 fully saturated rings. The van der Waals surface area contributed by atoms with E-state index in [2.05, 4.69) is 0 Å². The lowest BCUT2D eigenvalue weighted by Gasteiger charge is -2.22. The minimum atomic E-state index is -0.687. The number of Topliss-reactive ketones (excluding diaryl/α,β-unsaturated/α-hetero) is 1. The van der Waals surface area contributed by atoms with Crippen LogP contribution in [0.3, 0.4) is 0 Å². The van der Waals surface area contributed by atoms with Gasteiger partial charge in [-0.3, -0.25) is 9.59 Å². The van der Waals surface area contributed by atoms with Crippen LogP contribution in [0.5, 0.6) is 5.75 Å². The number of carbonyl (C=O) groups excluding carboxylic acids is 2. The van der Waals surface area contributed by atoms with Gasteiger partial charge in [-0.1, -0.05) is 0 Å². The van der Waals surface area contributed by atoms with Crippen LogP contribution in [0.25, 0.3) is 0 Å². The molecule has 0 aromatic heterocycles. The van der Waals surface area contributed by atoms with Crippen molar-refractivity contribution in [2.24, 2.45) is 0 Å². The summed E-state index contributed by atoms with van der Waals surface area (Å²) in [4.78, 5) is 26.2. The van der Waals surface area contributed by atoms with E-state index in [4.69, 9.17) is 4.74 Å². The number of ether oxygens (including phenoxy) is 1. The maximum absolute atomic E-state index is 12.3. The zero-order valence-electron chi connectivity index (χ0n) is 13.9. The van der Waals surface area contributed by atoms with E-state index < -0.39 is 5.60 Å². The Labute approximate surface area is 137 Å². The van der Waals surface area contributed by atoms with Gasteiger partial charge >= 0.3 is 0 Å². The Morgan fingerprint density at radius 1 is 1.17 bits per heavy atom. The first-order valence-corrected chi connectivity index (χ1v) is 8.09. The molecule has 5 nitrogen and oxygen atoms in total. The highest BCUT2D eigenvalue weighted by atomic mass is 16.5. The fourth-order valence-corrected chi connectivity index (χ4v) is 2.81. The van der Waals surface area contributed by atoms with Crippen molar-refractivity contribution >= 4 is 11.7 Å². The Balaban J connectivity index is 1.84. The first-order valence-electron chi connectivity index (χ1n) is 8.09. The summed E-state index contributed by atoms with van der Waals surface area (Å²) in [5, 5.41) is 10.1. The molecule has 1 aromatic rings. The molecule has 0 saturated carbocycles. The molecular weight excluding hydrogens is 294 g/mol. The SMILES string of the molecule is COc1ccc(C(=O)CCC(=O)N2CCC[C@](C)(O)CC2)cc1. The molecule has 23 heavy (non-hydrogen) atoms. The zero-order valence-corrected chi connectivity index (χ0v) is 13.9. The van der Waals surface area contributed by atoms with Crippen LogP contribution in [0.1, 0.15) is 49.4 Å². The molecule has 5 heteroatoms. The maximum Gasteiger partial charge on any atom is 0.223 e. The van der Waals surface area contributed by atoms with Gasteiger partial charge in [-0.25, -0.2) is 0 Å². The van der Waals surface area contributed by atoms with E-state index in [-0.39, 0.29) is 24.5 Å². The van der Waals surface area contributed by atoms with E-state index in [0.29, 0.717) is 37.2 Å². The van der Waals surface area contributed by atoms with Gasteiger partial charge in [0.15, 0.2) is 5.78 Å². The number of aliphatic hydroxyl groups is 1. The summed E-state index contributed by atoms with van der Waals surface area (Å²) in [5.41, 5.74) is -0.0917. The first-order chi connectivity index (χ1) is 10.9. The molecule has 0 spiro atoms. The number of ketones is 1. The third-order valence-electron chi connectivity index (χ3n) is 4.39. The molecule has 126 valence electrons. The molecule has 1 aliphatic rings. The van der Waals surface area contributed by atoms with Crippen molar-refractivity contribution in [1.29, 1.82) is 0 Å². The molecule has 0 aliphatic carbocycles. The predicted molar refractivity (Wildman–Crippen MR) is 87.6 cm³/mol. The molecule has 1 N–H and O–H groups in total. The van der Waals surface area contributed by atoms with Crippen LogP contribution in [0.15, 0.2) is 24.3 Å². The number of benzene rings is 1. The quantitative estimate of drug-likeness (QED) is 0.847. The van der Waals surface area contributed by atoms with E-state index >= 15 is 0 Å². The van der Waals surface area contributed by atoms with Gasteiger partial charge in [0.25, 0.3) is 0 Å². The normalized spacial score (nSPS) is 21.6. The number of hydrogen-bond acceptors (Lipinski definition) is 4. The smallest absolute Gasteiger partial charge is 0.223 e. The minimum Gasteiger partial charge on any atom is -0.497 e. The van der Waals surface area contributed by atoms with Gasteiger partial charge in [0.2, 0.25) is 5.91 Å². The average Bonchev–Trinajstić information content (AvgIpc) is 2.73. The summed E-state index contributed by atoms with van der Waals surface area (Å²) < 4.78 is 5.06.